The van der Waals surface area contributed by atoms with Gasteiger partial charge in [0, 0.05) is 0 Å². The van der Waals surface area contributed by atoms with Crippen molar-refractivity contribution < 1.29 is 5.11 Å². The van der Waals surface area contributed by atoms with Gasteiger partial charge < -0.3 is 5.11 Å². The molecule has 0 atom stereocenters. The normalized spacial score (nSPS) is 38.4. The lowest BCUT2D eigenvalue weighted by Crippen LogP contribution is -2.32. The Morgan fingerprint density at radius 1 is 1.13 bits per heavy atom. The second-order valence-corrected chi connectivity index (χ2v) is 6.39. The summed E-state index contributed by atoms with van der Waals surface area (Å²) < 4.78 is 0. The number of aliphatic hydroxyl groups is 1. The molecule has 90 valence electrons. The fourth-order valence-corrected chi connectivity index (χ4v) is 3.77. The summed E-state index contributed by atoms with van der Waals surface area (Å²) in [5.41, 5.74) is 0.176. The van der Waals surface area contributed by atoms with Crippen molar-refractivity contribution in [2.75, 3.05) is 12.0 Å². The summed E-state index contributed by atoms with van der Waals surface area (Å²) in [6.07, 6.45) is 10.1. The Bertz CT molecular complexity index is 181. The molecular formula is C13H26OS. The Labute approximate surface area is 99.0 Å². The van der Waals surface area contributed by atoms with Crippen LogP contribution in [0.1, 0.15) is 58.8 Å². The van der Waals surface area contributed by atoms with Crippen LogP contribution in [0, 0.1) is 5.41 Å². The smallest absolute Gasteiger partial charge is 0.0645 e. The molecule has 0 aromatic heterocycles. The second-order valence-electron chi connectivity index (χ2n) is 5.53. The summed E-state index contributed by atoms with van der Waals surface area (Å²) in [5.74, 6) is 1.28. The molecule has 0 aliphatic heterocycles. The summed E-state index contributed by atoms with van der Waals surface area (Å²) in [4.78, 5) is 0. The number of hydrogen-bond acceptors (Lipinski definition) is 2. The first-order chi connectivity index (χ1) is 7.04. The number of hydrogen-bond donors (Lipinski definition) is 1. The van der Waals surface area contributed by atoms with Gasteiger partial charge in [-0.1, -0.05) is 26.7 Å². The number of rotatable bonds is 3. The molecule has 1 aliphatic rings. The van der Waals surface area contributed by atoms with Crippen LogP contribution in [-0.4, -0.2) is 22.7 Å². The largest absolute Gasteiger partial charge is 0.390 e. The minimum atomic E-state index is -0.347. The van der Waals surface area contributed by atoms with Crippen LogP contribution in [0.2, 0.25) is 0 Å². The summed E-state index contributed by atoms with van der Waals surface area (Å²) >= 11 is 1.97. The molecule has 0 heterocycles. The maximum atomic E-state index is 10.3. The highest BCUT2D eigenvalue weighted by Gasteiger charge is 2.31. The van der Waals surface area contributed by atoms with Gasteiger partial charge in [-0.05, 0) is 49.5 Å². The highest BCUT2D eigenvalue weighted by molar-refractivity contribution is 7.98. The van der Waals surface area contributed by atoms with Gasteiger partial charge in [0.2, 0.25) is 0 Å². The van der Waals surface area contributed by atoms with Crippen molar-refractivity contribution in [2.24, 2.45) is 5.41 Å². The maximum absolute atomic E-state index is 10.3. The lowest BCUT2D eigenvalue weighted by atomic mass is 9.75. The molecule has 0 radical (unpaired) electrons. The fraction of sp³-hybridized carbons (Fsp3) is 1.00. The van der Waals surface area contributed by atoms with Crippen molar-refractivity contribution in [1.82, 2.24) is 0 Å². The highest BCUT2D eigenvalue weighted by Crippen LogP contribution is 2.39. The molecule has 2 heteroatoms. The van der Waals surface area contributed by atoms with E-state index in [1.165, 1.54) is 31.4 Å². The SMILES string of the molecule is CCC1(O)CCCC(C)(CSC)CCC1. The quantitative estimate of drug-likeness (QED) is 0.794. The van der Waals surface area contributed by atoms with Gasteiger partial charge in [0.1, 0.15) is 0 Å². The van der Waals surface area contributed by atoms with Crippen LogP contribution in [0.5, 0.6) is 0 Å². The third-order valence-electron chi connectivity index (χ3n) is 4.00. The van der Waals surface area contributed by atoms with Crippen molar-refractivity contribution in [2.45, 2.75) is 64.4 Å². The first kappa shape index (κ1) is 13.4. The van der Waals surface area contributed by atoms with Gasteiger partial charge in [-0.3, -0.25) is 0 Å². The second kappa shape index (κ2) is 5.58. The van der Waals surface area contributed by atoms with Crippen LogP contribution in [-0.2, 0) is 0 Å². The maximum Gasteiger partial charge on any atom is 0.0645 e. The summed E-state index contributed by atoms with van der Waals surface area (Å²) in [7, 11) is 0. The molecule has 0 aromatic carbocycles. The summed E-state index contributed by atoms with van der Waals surface area (Å²) in [5, 5.41) is 10.3. The zero-order chi connectivity index (χ0) is 11.4. The van der Waals surface area contributed by atoms with Crippen molar-refractivity contribution in [1.29, 1.82) is 0 Å². The average molecular weight is 230 g/mol. The van der Waals surface area contributed by atoms with Crippen LogP contribution in [0.4, 0.5) is 0 Å². The fourth-order valence-electron chi connectivity index (χ4n) is 2.78. The summed E-state index contributed by atoms with van der Waals surface area (Å²) in [6.45, 7) is 4.53. The lowest BCUT2D eigenvalue weighted by Gasteiger charge is -2.36. The number of thioether (sulfide) groups is 1. The van der Waals surface area contributed by atoms with Gasteiger partial charge in [0.25, 0.3) is 0 Å². The molecule has 1 aliphatic carbocycles. The minimum absolute atomic E-state index is 0.347. The van der Waals surface area contributed by atoms with E-state index in [0.29, 0.717) is 5.41 Å². The van der Waals surface area contributed by atoms with Crippen LogP contribution in [0.15, 0.2) is 0 Å². The van der Waals surface area contributed by atoms with Crippen LogP contribution in [0.25, 0.3) is 0 Å². The van der Waals surface area contributed by atoms with E-state index in [9.17, 15) is 5.11 Å². The third-order valence-corrected chi connectivity index (χ3v) is 4.98. The first-order valence-corrected chi connectivity index (χ1v) is 7.64. The first-order valence-electron chi connectivity index (χ1n) is 6.25. The van der Waals surface area contributed by atoms with Gasteiger partial charge in [-0.15, -0.1) is 0 Å². The van der Waals surface area contributed by atoms with E-state index >= 15 is 0 Å². The van der Waals surface area contributed by atoms with E-state index in [2.05, 4.69) is 20.1 Å². The Balaban J connectivity index is 2.49. The van der Waals surface area contributed by atoms with Crippen LogP contribution < -0.4 is 0 Å². The van der Waals surface area contributed by atoms with Crippen LogP contribution in [0.3, 0.4) is 0 Å². The molecule has 1 N–H and O–H groups in total. The van der Waals surface area contributed by atoms with E-state index in [-0.39, 0.29) is 5.60 Å². The molecular weight excluding hydrogens is 204 g/mol. The zero-order valence-electron chi connectivity index (χ0n) is 10.5. The van der Waals surface area contributed by atoms with E-state index in [4.69, 9.17) is 0 Å². The summed E-state index contributed by atoms with van der Waals surface area (Å²) in [6, 6.07) is 0. The predicted octanol–water partition coefficient (Wildman–Crippen LogP) is 3.85. The van der Waals surface area contributed by atoms with Crippen molar-refractivity contribution in [3.05, 3.63) is 0 Å². The molecule has 0 saturated heterocycles. The van der Waals surface area contributed by atoms with Gasteiger partial charge >= 0.3 is 0 Å². The topological polar surface area (TPSA) is 20.2 Å². The molecule has 0 unspecified atom stereocenters. The lowest BCUT2D eigenvalue weighted by molar-refractivity contribution is 0.00206. The van der Waals surface area contributed by atoms with Crippen LogP contribution >= 0.6 is 11.8 Å². The monoisotopic (exact) mass is 230 g/mol. The molecule has 1 fully saturated rings. The van der Waals surface area contributed by atoms with E-state index < -0.39 is 0 Å². The van der Waals surface area contributed by atoms with E-state index in [0.717, 1.165) is 19.3 Å². The molecule has 0 amide bonds. The molecule has 15 heavy (non-hydrogen) atoms. The Morgan fingerprint density at radius 3 is 2.07 bits per heavy atom. The standard InChI is InChI=1S/C13H26OS/c1-4-13(14)9-5-7-12(2,11-15-3)8-6-10-13/h14H,4-11H2,1-3H3. The molecule has 1 nitrogen and oxygen atoms in total. The third kappa shape index (κ3) is 3.99. The van der Waals surface area contributed by atoms with Gasteiger partial charge in [-0.25, -0.2) is 0 Å². The van der Waals surface area contributed by atoms with Crippen molar-refractivity contribution >= 4 is 11.8 Å². The van der Waals surface area contributed by atoms with Gasteiger partial charge in [0.05, 0.1) is 5.60 Å². The predicted molar refractivity (Wildman–Crippen MR) is 69.4 cm³/mol. The van der Waals surface area contributed by atoms with Gasteiger partial charge in [0.15, 0.2) is 0 Å². The Morgan fingerprint density at radius 2 is 1.67 bits per heavy atom. The zero-order valence-corrected chi connectivity index (χ0v) is 11.3. The molecule has 0 bridgehead atoms. The molecule has 0 aromatic rings. The van der Waals surface area contributed by atoms with Gasteiger partial charge in [-0.2, -0.15) is 11.8 Å². The average Bonchev–Trinajstić information content (AvgIpc) is 2.16. The van der Waals surface area contributed by atoms with E-state index in [1.807, 2.05) is 11.8 Å². The van der Waals surface area contributed by atoms with Crippen molar-refractivity contribution in [3.63, 3.8) is 0 Å². The Hall–Kier alpha value is 0.310. The van der Waals surface area contributed by atoms with E-state index in [1.54, 1.807) is 0 Å². The molecule has 0 spiro atoms. The highest BCUT2D eigenvalue weighted by atomic mass is 32.2. The molecule has 1 rings (SSSR count). The molecule has 1 saturated carbocycles. The minimum Gasteiger partial charge on any atom is -0.390 e. The van der Waals surface area contributed by atoms with Crippen molar-refractivity contribution in [3.8, 4) is 0 Å². The Kier molecular flexibility index (Phi) is 4.98.